The smallest absolute Gasteiger partial charge is 0.228 e. The van der Waals surface area contributed by atoms with Gasteiger partial charge >= 0.3 is 0 Å². The SMILES string of the molecule is COc1ccc(OCCC(=O)Nc2[nH]ncc2C)cc1. The molecule has 0 saturated heterocycles. The Kier molecular flexibility index (Phi) is 4.60. The van der Waals surface area contributed by atoms with E-state index in [9.17, 15) is 4.79 Å². The van der Waals surface area contributed by atoms with Crippen LogP contribution in [-0.4, -0.2) is 29.8 Å². The van der Waals surface area contributed by atoms with Crippen LogP contribution in [0.15, 0.2) is 30.5 Å². The fourth-order valence-corrected chi connectivity index (χ4v) is 1.61. The van der Waals surface area contributed by atoms with E-state index in [1.807, 2.05) is 19.1 Å². The summed E-state index contributed by atoms with van der Waals surface area (Å²) in [6.45, 7) is 2.18. The lowest BCUT2D eigenvalue weighted by Crippen LogP contribution is -2.16. The number of anilines is 1. The lowest BCUT2D eigenvalue weighted by molar-refractivity contribution is -0.116. The number of nitrogens with zero attached hydrogens (tertiary/aromatic N) is 1. The fraction of sp³-hybridized carbons (Fsp3) is 0.286. The van der Waals surface area contributed by atoms with Gasteiger partial charge in [-0.25, -0.2) is 0 Å². The summed E-state index contributed by atoms with van der Waals surface area (Å²) in [5.74, 6) is 1.98. The van der Waals surface area contributed by atoms with Crippen molar-refractivity contribution >= 4 is 11.7 Å². The summed E-state index contributed by atoms with van der Waals surface area (Å²) in [6, 6.07) is 7.22. The van der Waals surface area contributed by atoms with Crippen LogP contribution in [-0.2, 0) is 4.79 Å². The maximum absolute atomic E-state index is 11.7. The Morgan fingerprint density at radius 3 is 2.60 bits per heavy atom. The maximum atomic E-state index is 11.7. The minimum atomic E-state index is -0.120. The number of carbonyl (C=O) groups is 1. The summed E-state index contributed by atoms with van der Waals surface area (Å²) in [7, 11) is 1.61. The van der Waals surface area contributed by atoms with Gasteiger partial charge in [0.1, 0.15) is 17.3 Å². The zero-order valence-electron chi connectivity index (χ0n) is 11.5. The molecule has 0 unspecified atom stereocenters. The number of methoxy groups -OCH3 is 1. The van der Waals surface area contributed by atoms with Crippen LogP contribution >= 0.6 is 0 Å². The highest BCUT2D eigenvalue weighted by molar-refractivity contribution is 5.90. The maximum Gasteiger partial charge on any atom is 0.228 e. The van der Waals surface area contributed by atoms with Gasteiger partial charge in [0.15, 0.2) is 0 Å². The van der Waals surface area contributed by atoms with Crippen LogP contribution in [0.5, 0.6) is 11.5 Å². The van der Waals surface area contributed by atoms with E-state index in [2.05, 4.69) is 15.5 Å². The third-order valence-electron chi connectivity index (χ3n) is 2.75. The topological polar surface area (TPSA) is 76.2 Å². The third-order valence-corrected chi connectivity index (χ3v) is 2.75. The zero-order valence-corrected chi connectivity index (χ0v) is 11.5. The number of H-pyrrole nitrogens is 1. The highest BCUT2D eigenvalue weighted by Gasteiger charge is 2.06. The molecule has 20 heavy (non-hydrogen) atoms. The second-order valence-electron chi connectivity index (χ2n) is 4.25. The summed E-state index contributed by atoms with van der Waals surface area (Å²) in [5.41, 5.74) is 0.898. The minimum Gasteiger partial charge on any atom is -0.497 e. The van der Waals surface area contributed by atoms with Gasteiger partial charge in [-0.1, -0.05) is 0 Å². The lowest BCUT2D eigenvalue weighted by atomic mass is 10.3. The Bertz CT molecular complexity index is 563. The molecule has 0 saturated carbocycles. The number of hydrogen-bond donors (Lipinski definition) is 2. The first-order valence-electron chi connectivity index (χ1n) is 6.25. The van der Waals surface area contributed by atoms with Crippen LogP contribution in [0.2, 0.25) is 0 Å². The average Bonchev–Trinajstić information content (AvgIpc) is 2.85. The van der Waals surface area contributed by atoms with Crippen LogP contribution in [0.1, 0.15) is 12.0 Å². The molecule has 106 valence electrons. The van der Waals surface area contributed by atoms with Crippen molar-refractivity contribution in [2.24, 2.45) is 0 Å². The van der Waals surface area contributed by atoms with Crippen molar-refractivity contribution in [3.8, 4) is 11.5 Å². The predicted molar refractivity (Wildman–Crippen MR) is 75.1 cm³/mol. The average molecular weight is 275 g/mol. The molecule has 0 fully saturated rings. The van der Waals surface area contributed by atoms with E-state index in [4.69, 9.17) is 9.47 Å². The first-order chi connectivity index (χ1) is 9.69. The lowest BCUT2D eigenvalue weighted by Gasteiger charge is -2.07. The van der Waals surface area contributed by atoms with E-state index in [0.29, 0.717) is 18.2 Å². The Hall–Kier alpha value is -2.50. The summed E-state index contributed by atoms with van der Waals surface area (Å²) in [4.78, 5) is 11.7. The molecule has 0 bridgehead atoms. The van der Waals surface area contributed by atoms with E-state index in [-0.39, 0.29) is 12.3 Å². The molecule has 0 radical (unpaired) electrons. The van der Waals surface area contributed by atoms with E-state index < -0.39 is 0 Å². The number of carbonyl (C=O) groups excluding carboxylic acids is 1. The van der Waals surface area contributed by atoms with Crippen molar-refractivity contribution in [1.29, 1.82) is 0 Å². The Morgan fingerprint density at radius 2 is 2.00 bits per heavy atom. The molecule has 6 nitrogen and oxygen atoms in total. The number of aromatic nitrogens is 2. The third kappa shape index (κ3) is 3.74. The van der Waals surface area contributed by atoms with Gasteiger partial charge in [-0.15, -0.1) is 0 Å². The molecule has 1 amide bonds. The van der Waals surface area contributed by atoms with Crippen LogP contribution in [0.3, 0.4) is 0 Å². The van der Waals surface area contributed by atoms with Crippen molar-refractivity contribution < 1.29 is 14.3 Å². The standard InChI is InChI=1S/C14H17N3O3/c1-10-9-15-17-14(10)16-13(18)7-8-20-12-5-3-11(19-2)4-6-12/h3-6,9H,7-8H2,1-2H3,(H2,15,16,17,18). The molecule has 0 spiro atoms. The highest BCUT2D eigenvalue weighted by atomic mass is 16.5. The molecule has 1 aromatic heterocycles. The normalized spacial score (nSPS) is 10.1. The van der Waals surface area contributed by atoms with Gasteiger partial charge in [0.25, 0.3) is 0 Å². The molecule has 6 heteroatoms. The number of aromatic amines is 1. The Morgan fingerprint density at radius 1 is 1.30 bits per heavy atom. The number of aryl methyl sites for hydroxylation is 1. The predicted octanol–water partition coefficient (Wildman–Crippen LogP) is 2.13. The van der Waals surface area contributed by atoms with Gasteiger partial charge < -0.3 is 14.8 Å². The molecule has 2 N–H and O–H groups in total. The summed E-state index contributed by atoms with van der Waals surface area (Å²) >= 11 is 0. The highest BCUT2D eigenvalue weighted by Crippen LogP contribution is 2.17. The Labute approximate surface area is 117 Å². The van der Waals surface area contributed by atoms with Gasteiger partial charge in [-0.3, -0.25) is 9.89 Å². The van der Waals surface area contributed by atoms with Crippen molar-refractivity contribution in [3.05, 3.63) is 36.0 Å². The van der Waals surface area contributed by atoms with Crippen molar-refractivity contribution in [2.45, 2.75) is 13.3 Å². The van der Waals surface area contributed by atoms with Gasteiger partial charge in [-0.05, 0) is 31.2 Å². The number of rotatable bonds is 6. The fourth-order valence-electron chi connectivity index (χ4n) is 1.61. The molecule has 2 rings (SSSR count). The van der Waals surface area contributed by atoms with Crippen LogP contribution in [0, 0.1) is 6.92 Å². The van der Waals surface area contributed by atoms with Gasteiger partial charge in [-0.2, -0.15) is 5.10 Å². The molecule has 2 aromatic rings. The van der Waals surface area contributed by atoms with Gasteiger partial charge in [0.2, 0.25) is 5.91 Å². The monoisotopic (exact) mass is 275 g/mol. The number of nitrogens with one attached hydrogen (secondary N) is 2. The molecule has 0 atom stereocenters. The zero-order chi connectivity index (χ0) is 14.4. The first kappa shape index (κ1) is 13.9. The number of ether oxygens (including phenoxy) is 2. The van der Waals surface area contributed by atoms with Crippen molar-refractivity contribution in [1.82, 2.24) is 10.2 Å². The molecule has 0 aliphatic heterocycles. The van der Waals surface area contributed by atoms with E-state index >= 15 is 0 Å². The van der Waals surface area contributed by atoms with Crippen LogP contribution in [0.25, 0.3) is 0 Å². The second kappa shape index (κ2) is 6.60. The van der Waals surface area contributed by atoms with Crippen LogP contribution in [0.4, 0.5) is 5.82 Å². The summed E-state index contributed by atoms with van der Waals surface area (Å²) < 4.78 is 10.5. The molecular formula is C14H17N3O3. The van der Waals surface area contributed by atoms with Gasteiger partial charge in [0, 0.05) is 5.56 Å². The molecular weight excluding hydrogens is 258 g/mol. The Balaban J connectivity index is 1.75. The quantitative estimate of drug-likeness (QED) is 0.846. The number of amides is 1. The summed E-state index contributed by atoms with van der Waals surface area (Å²) in [5, 5.41) is 9.29. The van der Waals surface area contributed by atoms with E-state index in [1.54, 1.807) is 25.4 Å². The minimum absolute atomic E-state index is 0.120. The van der Waals surface area contributed by atoms with Crippen molar-refractivity contribution in [2.75, 3.05) is 19.0 Å². The molecule has 0 aliphatic rings. The van der Waals surface area contributed by atoms with Crippen molar-refractivity contribution in [3.63, 3.8) is 0 Å². The molecule has 1 aromatic carbocycles. The first-order valence-corrected chi connectivity index (χ1v) is 6.25. The van der Waals surface area contributed by atoms with Gasteiger partial charge in [0.05, 0.1) is 26.3 Å². The second-order valence-corrected chi connectivity index (χ2v) is 4.25. The molecule has 0 aliphatic carbocycles. The van der Waals surface area contributed by atoms with Crippen LogP contribution < -0.4 is 14.8 Å². The van der Waals surface area contributed by atoms with E-state index in [0.717, 1.165) is 11.3 Å². The number of benzene rings is 1. The summed E-state index contributed by atoms with van der Waals surface area (Å²) in [6.07, 6.45) is 1.92. The number of hydrogen-bond acceptors (Lipinski definition) is 4. The largest absolute Gasteiger partial charge is 0.497 e. The van der Waals surface area contributed by atoms with E-state index in [1.165, 1.54) is 0 Å². The molecule has 1 heterocycles.